The van der Waals surface area contributed by atoms with E-state index < -0.39 is 0 Å². The van der Waals surface area contributed by atoms with Gasteiger partial charge in [0, 0.05) is 43.3 Å². The molecular formula is C19H24N4O2S. The molecule has 7 heteroatoms. The van der Waals surface area contributed by atoms with Crippen molar-refractivity contribution in [3.8, 4) is 0 Å². The summed E-state index contributed by atoms with van der Waals surface area (Å²) >= 11 is 1.70. The fraction of sp³-hybridized carbons (Fsp3) is 0.474. The van der Waals surface area contributed by atoms with Crippen molar-refractivity contribution in [2.45, 2.75) is 25.4 Å². The van der Waals surface area contributed by atoms with E-state index in [0.717, 1.165) is 44.7 Å². The molecular weight excluding hydrogens is 348 g/mol. The molecule has 6 nitrogen and oxygen atoms in total. The fourth-order valence-corrected chi connectivity index (χ4v) is 4.58. The van der Waals surface area contributed by atoms with Crippen LogP contribution in [0.2, 0.25) is 0 Å². The summed E-state index contributed by atoms with van der Waals surface area (Å²) < 4.78 is 2.02. The normalized spacial score (nSPS) is 21.2. The number of aromatic nitrogens is 1. The molecule has 2 saturated heterocycles. The van der Waals surface area contributed by atoms with Crippen molar-refractivity contribution in [3.63, 3.8) is 0 Å². The second-order valence-corrected chi connectivity index (χ2v) is 7.94. The Morgan fingerprint density at radius 1 is 1.27 bits per heavy atom. The molecule has 0 radical (unpaired) electrons. The van der Waals surface area contributed by atoms with Gasteiger partial charge in [-0.05, 0) is 36.4 Å². The SMILES string of the molecule is O=C(c1cccn1Cc1cccs1)N1CCCC(N2CCNCC2=O)C1. The molecule has 2 aliphatic heterocycles. The second-order valence-electron chi connectivity index (χ2n) is 6.91. The van der Waals surface area contributed by atoms with Crippen LogP contribution in [0.15, 0.2) is 35.8 Å². The predicted molar refractivity (Wildman–Crippen MR) is 101 cm³/mol. The van der Waals surface area contributed by atoms with E-state index in [-0.39, 0.29) is 17.9 Å². The van der Waals surface area contributed by atoms with Crippen LogP contribution < -0.4 is 5.32 Å². The minimum atomic E-state index is 0.0684. The number of carbonyl (C=O) groups excluding carboxylic acids is 2. The first kappa shape index (κ1) is 17.3. The van der Waals surface area contributed by atoms with Gasteiger partial charge in [0.15, 0.2) is 0 Å². The quantitative estimate of drug-likeness (QED) is 0.888. The van der Waals surface area contributed by atoms with Crippen LogP contribution in [0.3, 0.4) is 0 Å². The number of hydrogen-bond donors (Lipinski definition) is 1. The second kappa shape index (κ2) is 7.63. The zero-order valence-electron chi connectivity index (χ0n) is 14.8. The maximum atomic E-state index is 13.1. The average molecular weight is 372 g/mol. The van der Waals surface area contributed by atoms with Gasteiger partial charge in [-0.15, -0.1) is 11.3 Å². The van der Waals surface area contributed by atoms with Gasteiger partial charge < -0.3 is 19.7 Å². The van der Waals surface area contributed by atoms with Gasteiger partial charge in [0.2, 0.25) is 5.91 Å². The number of rotatable bonds is 4. The lowest BCUT2D eigenvalue weighted by Gasteiger charge is -2.41. The Labute approximate surface area is 157 Å². The molecule has 0 bridgehead atoms. The molecule has 0 aromatic carbocycles. The summed E-state index contributed by atoms with van der Waals surface area (Å²) in [5.74, 6) is 0.218. The van der Waals surface area contributed by atoms with Crippen LogP contribution in [0, 0.1) is 0 Å². The van der Waals surface area contributed by atoms with Gasteiger partial charge in [0.25, 0.3) is 5.91 Å². The topological polar surface area (TPSA) is 57.6 Å². The highest BCUT2D eigenvalue weighted by Gasteiger charge is 2.32. The highest BCUT2D eigenvalue weighted by Crippen LogP contribution is 2.20. The van der Waals surface area contributed by atoms with Crippen molar-refractivity contribution < 1.29 is 9.59 Å². The van der Waals surface area contributed by atoms with Gasteiger partial charge in [-0.3, -0.25) is 9.59 Å². The van der Waals surface area contributed by atoms with Gasteiger partial charge in [-0.2, -0.15) is 0 Å². The van der Waals surface area contributed by atoms with Crippen molar-refractivity contribution in [3.05, 3.63) is 46.4 Å². The fourth-order valence-electron chi connectivity index (χ4n) is 3.88. The van der Waals surface area contributed by atoms with E-state index in [2.05, 4.69) is 16.8 Å². The van der Waals surface area contributed by atoms with E-state index in [1.165, 1.54) is 4.88 Å². The third-order valence-electron chi connectivity index (χ3n) is 5.21. The first-order chi connectivity index (χ1) is 12.7. The lowest BCUT2D eigenvalue weighted by atomic mass is 10.0. The van der Waals surface area contributed by atoms with E-state index in [0.29, 0.717) is 13.1 Å². The molecule has 4 rings (SSSR count). The van der Waals surface area contributed by atoms with Gasteiger partial charge in [-0.1, -0.05) is 6.07 Å². The monoisotopic (exact) mass is 372 g/mol. The third kappa shape index (κ3) is 3.54. The Balaban J connectivity index is 1.46. The molecule has 1 N–H and O–H groups in total. The zero-order valence-corrected chi connectivity index (χ0v) is 15.6. The van der Waals surface area contributed by atoms with Crippen molar-refractivity contribution in [2.75, 3.05) is 32.7 Å². The van der Waals surface area contributed by atoms with Crippen molar-refractivity contribution in [1.29, 1.82) is 0 Å². The van der Waals surface area contributed by atoms with Gasteiger partial charge in [-0.25, -0.2) is 0 Å². The predicted octanol–water partition coefficient (Wildman–Crippen LogP) is 1.63. The van der Waals surface area contributed by atoms with E-state index >= 15 is 0 Å². The summed E-state index contributed by atoms with van der Waals surface area (Å²) in [4.78, 5) is 30.4. The Hall–Kier alpha value is -2.12. The summed E-state index contributed by atoms with van der Waals surface area (Å²) in [7, 11) is 0. The molecule has 0 saturated carbocycles. The van der Waals surface area contributed by atoms with Crippen LogP contribution in [0.5, 0.6) is 0 Å². The molecule has 2 aromatic rings. The summed E-state index contributed by atoms with van der Waals surface area (Å²) in [6, 6.07) is 8.09. The van der Waals surface area contributed by atoms with Crippen LogP contribution in [-0.4, -0.2) is 64.9 Å². The molecule has 2 aliphatic rings. The van der Waals surface area contributed by atoms with Crippen molar-refractivity contribution in [1.82, 2.24) is 19.7 Å². The maximum absolute atomic E-state index is 13.1. The van der Waals surface area contributed by atoms with Crippen LogP contribution in [0.1, 0.15) is 28.2 Å². The summed E-state index contributed by atoms with van der Waals surface area (Å²) in [5, 5.41) is 5.17. The zero-order chi connectivity index (χ0) is 17.9. The molecule has 0 aliphatic carbocycles. The smallest absolute Gasteiger partial charge is 0.270 e. The highest BCUT2D eigenvalue weighted by atomic mass is 32.1. The Bertz CT molecular complexity index is 770. The summed E-state index contributed by atoms with van der Waals surface area (Å²) in [5.41, 5.74) is 0.727. The largest absolute Gasteiger partial charge is 0.338 e. The number of carbonyl (C=O) groups is 2. The number of piperazine rings is 1. The van der Waals surface area contributed by atoms with Crippen LogP contribution in [-0.2, 0) is 11.3 Å². The minimum Gasteiger partial charge on any atom is -0.338 e. The standard InChI is InChI=1S/C19H24N4O2S/c24-18-12-20-7-10-23(18)15-4-1-9-22(13-15)19(25)17-6-2-8-21(17)14-16-5-3-11-26-16/h2-3,5-6,8,11,15,20H,1,4,7,9-10,12-14H2. The van der Waals surface area contributed by atoms with E-state index in [1.807, 2.05) is 38.8 Å². The number of nitrogens with one attached hydrogen (secondary N) is 1. The first-order valence-electron chi connectivity index (χ1n) is 9.19. The summed E-state index contributed by atoms with van der Waals surface area (Å²) in [6.07, 6.45) is 3.89. The average Bonchev–Trinajstić information content (AvgIpc) is 3.34. The molecule has 2 amide bonds. The maximum Gasteiger partial charge on any atom is 0.270 e. The molecule has 2 fully saturated rings. The Morgan fingerprint density at radius 3 is 3.00 bits per heavy atom. The van der Waals surface area contributed by atoms with Crippen LogP contribution >= 0.6 is 11.3 Å². The van der Waals surface area contributed by atoms with Gasteiger partial charge >= 0.3 is 0 Å². The molecule has 1 atom stereocenters. The van der Waals surface area contributed by atoms with Crippen molar-refractivity contribution >= 4 is 23.2 Å². The number of piperidine rings is 1. The third-order valence-corrected chi connectivity index (χ3v) is 6.07. The van der Waals surface area contributed by atoms with E-state index in [1.54, 1.807) is 11.3 Å². The van der Waals surface area contributed by atoms with E-state index in [9.17, 15) is 9.59 Å². The number of amides is 2. The minimum absolute atomic E-state index is 0.0684. The summed E-state index contributed by atoms with van der Waals surface area (Å²) in [6.45, 7) is 4.10. The Morgan fingerprint density at radius 2 is 2.19 bits per heavy atom. The lowest BCUT2D eigenvalue weighted by molar-refractivity contribution is -0.135. The van der Waals surface area contributed by atoms with Gasteiger partial charge in [0.05, 0.1) is 13.1 Å². The lowest BCUT2D eigenvalue weighted by Crippen LogP contribution is -2.57. The van der Waals surface area contributed by atoms with Crippen LogP contribution in [0.4, 0.5) is 0 Å². The molecule has 0 spiro atoms. The molecule has 1 unspecified atom stereocenters. The molecule has 4 heterocycles. The van der Waals surface area contributed by atoms with Gasteiger partial charge in [0.1, 0.15) is 5.69 Å². The number of likely N-dealkylation sites (tertiary alicyclic amines) is 1. The van der Waals surface area contributed by atoms with Crippen LogP contribution in [0.25, 0.3) is 0 Å². The number of thiophene rings is 1. The van der Waals surface area contributed by atoms with Crippen molar-refractivity contribution in [2.24, 2.45) is 0 Å². The molecule has 138 valence electrons. The highest BCUT2D eigenvalue weighted by molar-refractivity contribution is 7.09. The Kier molecular flexibility index (Phi) is 5.08. The number of hydrogen-bond acceptors (Lipinski definition) is 4. The van der Waals surface area contributed by atoms with E-state index in [4.69, 9.17) is 0 Å². The first-order valence-corrected chi connectivity index (χ1v) is 10.1. The molecule has 2 aromatic heterocycles. The molecule has 26 heavy (non-hydrogen) atoms. The number of nitrogens with zero attached hydrogens (tertiary/aromatic N) is 3.